The lowest BCUT2D eigenvalue weighted by Gasteiger charge is -2.06. The first-order chi connectivity index (χ1) is 10.8. The summed E-state index contributed by atoms with van der Waals surface area (Å²) in [6.45, 7) is 2.16. The van der Waals surface area contributed by atoms with E-state index < -0.39 is 0 Å². The molecule has 2 aromatic carbocycles. The molecule has 2 aromatic rings. The Balaban J connectivity index is 1.33. The Hall–Kier alpha value is -2.20. The highest BCUT2D eigenvalue weighted by Crippen LogP contribution is 2.32. The molecule has 22 heavy (non-hydrogen) atoms. The van der Waals surface area contributed by atoms with Gasteiger partial charge in [0, 0.05) is 6.54 Å². The highest BCUT2D eigenvalue weighted by Gasteiger charge is 2.12. The standard InChI is InChI=1S/C18H21NO3/c20-16-7-4-15(5-8-16)12-19-10-2-1-3-14-6-9-17-18(11-14)22-13-21-17/h4-9,11,19-20H,1-3,10,12-13H2. The van der Waals surface area contributed by atoms with Crippen molar-refractivity contribution < 1.29 is 14.6 Å². The summed E-state index contributed by atoms with van der Waals surface area (Å²) >= 11 is 0. The largest absolute Gasteiger partial charge is 0.508 e. The van der Waals surface area contributed by atoms with Crippen molar-refractivity contribution in [2.75, 3.05) is 13.3 Å². The van der Waals surface area contributed by atoms with Gasteiger partial charge in [-0.3, -0.25) is 0 Å². The van der Waals surface area contributed by atoms with E-state index in [-0.39, 0.29) is 0 Å². The summed E-state index contributed by atoms with van der Waals surface area (Å²) in [5, 5.41) is 12.7. The molecule has 3 rings (SSSR count). The van der Waals surface area contributed by atoms with E-state index in [0.717, 1.165) is 43.9 Å². The van der Waals surface area contributed by atoms with Gasteiger partial charge in [0.1, 0.15) is 5.75 Å². The number of fused-ring (bicyclic) bond motifs is 1. The maximum Gasteiger partial charge on any atom is 0.231 e. The third-order valence-electron chi connectivity index (χ3n) is 3.77. The number of phenolic OH excluding ortho intramolecular Hbond substituents is 1. The molecule has 4 nitrogen and oxygen atoms in total. The van der Waals surface area contributed by atoms with Gasteiger partial charge in [-0.1, -0.05) is 18.2 Å². The van der Waals surface area contributed by atoms with Crippen LogP contribution in [0.4, 0.5) is 0 Å². The van der Waals surface area contributed by atoms with E-state index in [1.165, 1.54) is 11.1 Å². The van der Waals surface area contributed by atoms with Crippen LogP contribution in [0.15, 0.2) is 42.5 Å². The lowest BCUT2D eigenvalue weighted by atomic mass is 10.1. The van der Waals surface area contributed by atoms with Crippen LogP contribution in [-0.4, -0.2) is 18.4 Å². The number of nitrogens with one attached hydrogen (secondary N) is 1. The Labute approximate surface area is 130 Å². The van der Waals surface area contributed by atoms with Crippen LogP contribution in [0.1, 0.15) is 24.0 Å². The zero-order valence-electron chi connectivity index (χ0n) is 12.5. The lowest BCUT2D eigenvalue weighted by molar-refractivity contribution is 0.174. The van der Waals surface area contributed by atoms with E-state index in [1.54, 1.807) is 12.1 Å². The van der Waals surface area contributed by atoms with Crippen molar-refractivity contribution in [3.8, 4) is 17.2 Å². The van der Waals surface area contributed by atoms with Gasteiger partial charge in [0.2, 0.25) is 6.79 Å². The Kier molecular flexibility index (Phi) is 4.81. The maximum atomic E-state index is 9.23. The Morgan fingerprint density at radius 3 is 2.55 bits per heavy atom. The fraction of sp³-hybridized carbons (Fsp3) is 0.333. The zero-order chi connectivity index (χ0) is 15.2. The molecule has 1 heterocycles. The normalized spacial score (nSPS) is 12.5. The molecular weight excluding hydrogens is 278 g/mol. The average molecular weight is 299 g/mol. The molecule has 2 N–H and O–H groups in total. The first kappa shape index (κ1) is 14.7. The van der Waals surface area contributed by atoms with Crippen molar-refractivity contribution in [2.24, 2.45) is 0 Å². The number of aromatic hydroxyl groups is 1. The minimum Gasteiger partial charge on any atom is -0.508 e. The summed E-state index contributed by atoms with van der Waals surface area (Å²) in [7, 11) is 0. The molecule has 116 valence electrons. The fourth-order valence-electron chi connectivity index (χ4n) is 2.52. The minimum absolute atomic E-state index is 0.312. The van der Waals surface area contributed by atoms with Crippen LogP contribution >= 0.6 is 0 Å². The molecule has 0 fully saturated rings. The van der Waals surface area contributed by atoms with Gasteiger partial charge in [-0.15, -0.1) is 0 Å². The number of hydrogen-bond acceptors (Lipinski definition) is 4. The van der Waals surface area contributed by atoms with Gasteiger partial charge >= 0.3 is 0 Å². The summed E-state index contributed by atoms with van der Waals surface area (Å²) in [4.78, 5) is 0. The zero-order valence-corrected chi connectivity index (χ0v) is 12.5. The van der Waals surface area contributed by atoms with Crippen molar-refractivity contribution in [1.29, 1.82) is 0 Å². The van der Waals surface area contributed by atoms with Crippen LogP contribution in [0, 0.1) is 0 Å². The molecule has 0 atom stereocenters. The fourth-order valence-corrected chi connectivity index (χ4v) is 2.52. The number of phenols is 1. The summed E-state index contributed by atoms with van der Waals surface area (Å²) < 4.78 is 10.7. The minimum atomic E-state index is 0.312. The summed E-state index contributed by atoms with van der Waals surface area (Å²) in [5.41, 5.74) is 2.48. The third kappa shape index (κ3) is 3.92. The van der Waals surface area contributed by atoms with Crippen LogP contribution in [0.5, 0.6) is 17.2 Å². The highest BCUT2D eigenvalue weighted by atomic mass is 16.7. The van der Waals surface area contributed by atoms with Crippen molar-refractivity contribution in [3.05, 3.63) is 53.6 Å². The quantitative estimate of drug-likeness (QED) is 0.771. The molecule has 0 unspecified atom stereocenters. The van der Waals surface area contributed by atoms with Gasteiger partial charge in [-0.25, -0.2) is 0 Å². The Bertz CT molecular complexity index is 610. The molecule has 0 aliphatic carbocycles. The predicted molar refractivity (Wildman–Crippen MR) is 85.3 cm³/mol. The van der Waals surface area contributed by atoms with Crippen molar-refractivity contribution >= 4 is 0 Å². The number of benzene rings is 2. The van der Waals surface area contributed by atoms with Crippen LogP contribution in [0.25, 0.3) is 0 Å². The topological polar surface area (TPSA) is 50.7 Å². The molecule has 0 saturated heterocycles. The molecule has 1 aliphatic rings. The summed E-state index contributed by atoms with van der Waals surface area (Å²) in [6, 6.07) is 13.5. The first-order valence-electron chi connectivity index (χ1n) is 7.68. The van der Waals surface area contributed by atoms with Gasteiger partial charge < -0.3 is 19.9 Å². The smallest absolute Gasteiger partial charge is 0.231 e. The third-order valence-corrected chi connectivity index (χ3v) is 3.77. The second-order valence-electron chi connectivity index (χ2n) is 5.49. The van der Waals surface area contributed by atoms with Gasteiger partial charge in [0.05, 0.1) is 0 Å². The number of hydrogen-bond donors (Lipinski definition) is 2. The second-order valence-corrected chi connectivity index (χ2v) is 5.49. The molecule has 0 bridgehead atoms. The lowest BCUT2D eigenvalue weighted by Crippen LogP contribution is -2.14. The van der Waals surface area contributed by atoms with E-state index in [9.17, 15) is 5.11 Å². The van der Waals surface area contributed by atoms with E-state index in [4.69, 9.17) is 9.47 Å². The van der Waals surface area contributed by atoms with Crippen LogP contribution in [0.3, 0.4) is 0 Å². The molecule has 0 amide bonds. The van der Waals surface area contributed by atoms with Gasteiger partial charge in [-0.05, 0) is 61.2 Å². The van der Waals surface area contributed by atoms with Crippen molar-refractivity contribution in [1.82, 2.24) is 5.32 Å². The average Bonchev–Trinajstić information content (AvgIpc) is 3.00. The van der Waals surface area contributed by atoms with Gasteiger partial charge in [0.25, 0.3) is 0 Å². The van der Waals surface area contributed by atoms with Crippen LogP contribution < -0.4 is 14.8 Å². The van der Waals surface area contributed by atoms with E-state index in [1.807, 2.05) is 18.2 Å². The Morgan fingerprint density at radius 1 is 0.909 bits per heavy atom. The van der Waals surface area contributed by atoms with Crippen molar-refractivity contribution in [3.63, 3.8) is 0 Å². The molecule has 4 heteroatoms. The highest BCUT2D eigenvalue weighted by molar-refractivity contribution is 5.44. The molecule has 0 radical (unpaired) electrons. The maximum absolute atomic E-state index is 9.23. The molecule has 0 spiro atoms. The number of aryl methyl sites for hydroxylation is 1. The SMILES string of the molecule is Oc1ccc(CNCCCCc2ccc3c(c2)OCO3)cc1. The number of unbranched alkanes of at least 4 members (excludes halogenated alkanes) is 1. The van der Waals surface area contributed by atoms with E-state index >= 15 is 0 Å². The van der Waals surface area contributed by atoms with Crippen LogP contribution in [0.2, 0.25) is 0 Å². The van der Waals surface area contributed by atoms with Crippen LogP contribution in [-0.2, 0) is 13.0 Å². The van der Waals surface area contributed by atoms with Crippen molar-refractivity contribution in [2.45, 2.75) is 25.8 Å². The molecule has 0 saturated carbocycles. The van der Waals surface area contributed by atoms with E-state index in [0.29, 0.717) is 12.5 Å². The first-order valence-corrected chi connectivity index (χ1v) is 7.68. The number of rotatable bonds is 7. The number of ether oxygens (including phenoxy) is 2. The predicted octanol–water partition coefficient (Wildman–Crippen LogP) is 3.23. The molecule has 0 aromatic heterocycles. The van der Waals surface area contributed by atoms with E-state index in [2.05, 4.69) is 17.4 Å². The second kappa shape index (κ2) is 7.18. The van der Waals surface area contributed by atoms with Gasteiger partial charge in [0.15, 0.2) is 11.5 Å². The molecule has 1 aliphatic heterocycles. The summed E-state index contributed by atoms with van der Waals surface area (Å²) in [6.07, 6.45) is 3.33. The molecular formula is C18H21NO3. The Morgan fingerprint density at radius 2 is 1.68 bits per heavy atom. The monoisotopic (exact) mass is 299 g/mol. The summed E-state index contributed by atoms with van der Waals surface area (Å²) in [5.74, 6) is 2.02. The van der Waals surface area contributed by atoms with Gasteiger partial charge in [-0.2, -0.15) is 0 Å².